The Bertz CT molecular complexity index is 1070. The lowest BCUT2D eigenvalue weighted by Gasteiger charge is -2.20. The topological polar surface area (TPSA) is 9.23 Å². The van der Waals surface area contributed by atoms with Crippen molar-refractivity contribution in [3.63, 3.8) is 0 Å². The SMILES string of the molecule is COC(C)(C)C/C=C/C(C)=C/CC/C(C)=C/CC/C(C)=C/C=C/C=C(C)/C=C/C=C(\C)CC/C=C(\C)CCC=C(C)C. The van der Waals surface area contributed by atoms with Gasteiger partial charge in [0.25, 0.3) is 0 Å². The van der Waals surface area contributed by atoms with Gasteiger partial charge in [-0.3, -0.25) is 0 Å². The molecule has 0 aliphatic rings. The van der Waals surface area contributed by atoms with Gasteiger partial charge in [-0.15, -0.1) is 0 Å². The molecule has 0 spiro atoms. The monoisotopic (exact) mass is 572 g/mol. The van der Waals surface area contributed by atoms with E-state index in [0.717, 1.165) is 51.4 Å². The van der Waals surface area contributed by atoms with Gasteiger partial charge in [-0.1, -0.05) is 118 Å². The highest BCUT2D eigenvalue weighted by Gasteiger charge is 2.12. The second kappa shape index (κ2) is 23.9. The van der Waals surface area contributed by atoms with Crippen LogP contribution in [0.2, 0.25) is 0 Å². The van der Waals surface area contributed by atoms with E-state index in [4.69, 9.17) is 4.74 Å². The van der Waals surface area contributed by atoms with E-state index in [0.29, 0.717) is 0 Å². The van der Waals surface area contributed by atoms with Crippen molar-refractivity contribution in [1.29, 1.82) is 0 Å². The quantitative estimate of drug-likeness (QED) is 0.104. The molecule has 0 amide bonds. The van der Waals surface area contributed by atoms with E-state index in [9.17, 15) is 0 Å². The van der Waals surface area contributed by atoms with Crippen molar-refractivity contribution in [1.82, 2.24) is 0 Å². The zero-order chi connectivity index (χ0) is 31.8. The summed E-state index contributed by atoms with van der Waals surface area (Å²) in [5, 5.41) is 0. The molecule has 0 aliphatic carbocycles. The predicted molar refractivity (Wildman–Crippen MR) is 192 cm³/mol. The molecule has 0 atom stereocenters. The first kappa shape index (κ1) is 39.4. The summed E-state index contributed by atoms with van der Waals surface area (Å²) in [6, 6.07) is 0. The lowest BCUT2D eigenvalue weighted by molar-refractivity contribution is 0.0255. The molecule has 42 heavy (non-hydrogen) atoms. The molecule has 0 rings (SSSR count). The Morgan fingerprint density at radius 2 is 1.00 bits per heavy atom. The zero-order valence-corrected chi connectivity index (χ0v) is 29.3. The summed E-state index contributed by atoms with van der Waals surface area (Å²) in [5.74, 6) is 0. The summed E-state index contributed by atoms with van der Waals surface area (Å²) in [5.41, 5.74) is 9.71. The van der Waals surface area contributed by atoms with Crippen LogP contribution in [0.5, 0.6) is 0 Å². The molecule has 1 heteroatoms. The van der Waals surface area contributed by atoms with Crippen LogP contribution >= 0.6 is 0 Å². The van der Waals surface area contributed by atoms with Gasteiger partial charge in [0, 0.05) is 7.11 Å². The minimum Gasteiger partial charge on any atom is -0.378 e. The maximum Gasteiger partial charge on any atom is 0.0657 e. The van der Waals surface area contributed by atoms with Gasteiger partial charge in [0.1, 0.15) is 0 Å². The largest absolute Gasteiger partial charge is 0.378 e. The molecule has 0 aromatic rings. The molecule has 0 fully saturated rings. The maximum absolute atomic E-state index is 5.47. The number of rotatable bonds is 20. The van der Waals surface area contributed by atoms with Crippen LogP contribution in [-0.4, -0.2) is 12.7 Å². The van der Waals surface area contributed by atoms with E-state index in [1.165, 1.54) is 45.4 Å². The summed E-state index contributed by atoms with van der Waals surface area (Å²) in [4.78, 5) is 0. The average Bonchev–Trinajstić information content (AvgIpc) is 2.91. The van der Waals surface area contributed by atoms with Crippen molar-refractivity contribution < 1.29 is 4.74 Å². The Morgan fingerprint density at radius 3 is 1.55 bits per heavy atom. The van der Waals surface area contributed by atoms with Gasteiger partial charge in [0.05, 0.1) is 5.60 Å². The van der Waals surface area contributed by atoms with E-state index in [2.05, 4.69) is 148 Å². The van der Waals surface area contributed by atoms with Crippen molar-refractivity contribution in [2.75, 3.05) is 7.11 Å². The van der Waals surface area contributed by atoms with Gasteiger partial charge in [0.2, 0.25) is 0 Å². The molecular formula is C41H64O. The van der Waals surface area contributed by atoms with Crippen LogP contribution in [0.25, 0.3) is 0 Å². The number of hydrogen-bond donors (Lipinski definition) is 0. The Balaban J connectivity index is 4.44. The van der Waals surface area contributed by atoms with Crippen LogP contribution in [0.4, 0.5) is 0 Å². The highest BCUT2D eigenvalue weighted by atomic mass is 16.5. The molecule has 0 saturated heterocycles. The van der Waals surface area contributed by atoms with Crippen LogP contribution < -0.4 is 0 Å². The Kier molecular flexibility index (Phi) is 22.4. The first-order valence-electron chi connectivity index (χ1n) is 16.0. The molecule has 0 saturated carbocycles. The third-order valence-electron chi connectivity index (χ3n) is 7.29. The summed E-state index contributed by atoms with van der Waals surface area (Å²) in [6.45, 7) is 21.9. The number of allylic oxidation sites excluding steroid dienone is 19. The lowest BCUT2D eigenvalue weighted by Crippen LogP contribution is -2.20. The van der Waals surface area contributed by atoms with Crippen LogP contribution in [0, 0.1) is 0 Å². The highest BCUT2D eigenvalue weighted by molar-refractivity contribution is 5.27. The van der Waals surface area contributed by atoms with Gasteiger partial charge >= 0.3 is 0 Å². The second-order valence-electron chi connectivity index (χ2n) is 12.7. The van der Waals surface area contributed by atoms with Crippen LogP contribution in [0.3, 0.4) is 0 Å². The van der Waals surface area contributed by atoms with Gasteiger partial charge < -0.3 is 4.74 Å². The predicted octanol–water partition coefficient (Wildman–Crippen LogP) is 13.2. The Hall–Kier alpha value is -2.64. The number of methoxy groups -OCH3 is 1. The molecule has 0 unspecified atom stereocenters. The molecule has 0 aromatic carbocycles. The molecule has 1 nitrogen and oxygen atoms in total. The van der Waals surface area contributed by atoms with Crippen molar-refractivity contribution in [3.8, 4) is 0 Å². The standard InChI is InChI=1S/C41H64O/c1-34(2)20-14-23-37(5)26-17-29-38(6)27-15-24-35(3)21-12-13-22-36(4)25-16-28-39(7)30-18-31-40(8)32-19-33-41(9,10)42-11/h12-13,15,19-22,24,26-28,31-32H,14,16-18,23,25,29-30,33H2,1-11H3/b13-12+,24-15+,32-19+,35-21+,36-22+,37-26+,38-27+,39-28+,40-31+. The van der Waals surface area contributed by atoms with Gasteiger partial charge in [-0.2, -0.15) is 0 Å². The second-order valence-corrected chi connectivity index (χ2v) is 12.7. The normalized spacial score (nSPS) is 15.1. The third kappa shape index (κ3) is 25.1. The first-order valence-corrected chi connectivity index (χ1v) is 16.0. The molecule has 0 radical (unpaired) electrons. The lowest BCUT2D eigenvalue weighted by atomic mass is 10.0. The van der Waals surface area contributed by atoms with Crippen molar-refractivity contribution >= 4 is 0 Å². The molecule has 0 heterocycles. The minimum atomic E-state index is -0.0924. The van der Waals surface area contributed by atoms with E-state index >= 15 is 0 Å². The summed E-state index contributed by atoms with van der Waals surface area (Å²) in [7, 11) is 1.77. The van der Waals surface area contributed by atoms with Crippen LogP contribution in [0.1, 0.15) is 127 Å². The molecule has 0 aliphatic heterocycles. The van der Waals surface area contributed by atoms with Gasteiger partial charge in [-0.25, -0.2) is 0 Å². The molecular weight excluding hydrogens is 508 g/mol. The van der Waals surface area contributed by atoms with E-state index in [1.54, 1.807) is 7.11 Å². The van der Waals surface area contributed by atoms with Crippen LogP contribution in [0.15, 0.2) is 118 Å². The number of hydrogen-bond acceptors (Lipinski definition) is 1. The first-order chi connectivity index (χ1) is 19.8. The zero-order valence-electron chi connectivity index (χ0n) is 29.3. The average molecular weight is 573 g/mol. The fraction of sp³-hybridized carbons (Fsp3) is 0.512. The highest BCUT2D eigenvalue weighted by Crippen LogP contribution is 2.16. The van der Waals surface area contributed by atoms with E-state index < -0.39 is 0 Å². The Labute approximate surface area is 262 Å². The minimum absolute atomic E-state index is 0.0924. The molecule has 0 aromatic heterocycles. The van der Waals surface area contributed by atoms with Gasteiger partial charge in [0.15, 0.2) is 0 Å². The third-order valence-corrected chi connectivity index (χ3v) is 7.29. The maximum atomic E-state index is 5.47. The fourth-order valence-corrected chi connectivity index (χ4v) is 4.11. The van der Waals surface area contributed by atoms with E-state index in [1.807, 2.05) is 0 Å². The fourth-order valence-electron chi connectivity index (χ4n) is 4.11. The van der Waals surface area contributed by atoms with E-state index in [-0.39, 0.29) is 5.60 Å². The van der Waals surface area contributed by atoms with Crippen molar-refractivity contribution in [3.05, 3.63) is 118 Å². The Morgan fingerprint density at radius 1 is 0.524 bits per heavy atom. The molecule has 234 valence electrons. The summed E-state index contributed by atoms with van der Waals surface area (Å²) in [6.07, 6.45) is 39.1. The summed E-state index contributed by atoms with van der Waals surface area (Å²) < 4.78 is 5.47. The van der Waals surface area contributed by atoms with Gasteiger partial charge in [-0.05, 0) is 127 Å². The molecule has 0 N–H and O–H groups in total. The molecule has 0 bridgehead atoms. The van der Waals surface area contributed by atoms with Crippen molar-refractivity contribution in [2.45, 2.75) is 133 Å². The smallest absolute Gasteiger partial charge is 0.0657 e. The number of ether oxygens (including phenoxy) is 1. The van der Waals surface area contributed by atoms with Crippen LogP contribution in [-0.2, 0) is 4.74 Å². The summed E-state index contributed by atoms with van der Waals surface area (Å²) >= 11 is 0. The van der Waals surface area contributed by atoms with Crippen molar-refractivity contribution in [2.24, 2.45) is 0 Å².